The Balaban J connectivity index is 1.86. The lowest BCUT2D eigenvalue weighted by Crippen LogP contribution is -2.30. The zero-order chi connectivity index (χ0) is 14.3. The van der Waals surface area contributed by atoms with Crippen molar-refractivity contribution in [3.8, 4) is 5.75 Å². The summed E-state index contributed by atoms with van der Waals surface area (Å²) in [5.74, 6) is -3.01. The number of benzene rings is 1. The molecule has 1 aromatic rings. The van der Waals surface area contributed by atoms with E-state index in [1.807, 2.05) is 0 Å². The molecule has 0 saturated carbocycles. The molecule has 2 bridgehead atoms. The standard InChI is InChI=1S/C15H16F2O3/c1-19-12-5-4-11(13(16)14(12)17)15(18)8-6-9-2-3-10(7-8)20-9/h4-5,8-10H,2-3,6-7H2,1H3. The molecule has 0 aromatic heterocycles. The molecule has 0 N–H and O–H groups in total. The molecule has 5 heteroatoms. The van der Waals surface area contributed by atoms with Crippen molar-refractivity contribution in [2.24, 2.45) is 5.92 Å². The Bertz CT molecular complexity index is 532. The van der Waals surface area contributed by atoms with E-state index in [2.05, 4.69) is 0 Å². The number of hydrogen-bond acceptors (Lipinski definition) is 3. The van der Waals surface area contributed by atoms with Crippen molar-refractivity contribution in [1.82, 2.24) is 0 Å². The molecule has 1 aromatic carbocycles. The normalized spacial score (nSPS) is 28.4. The summed E-state index contributed by atoms with van der Waals surface area (Å²) >= 11 is 0. The highest BCUT2D eigenvalue weighted by molar-refractivity contribution is 5.98. The molecule has 0 aliphatic carbocycles. The first-order valence-corrected chi connectivity index (χ1v) is 6.81. The maximum absolute atomic E-state index is 14.0. The molecule has 2 aliphatic heterocycles. The van der Waals surface area contributed by atoms with Gasteiger partial charge in [-0.25, -0.2) is 4.39 Å². The molecule has 2 unspecified atom stereocenters. The van der Waals surface area contributed by atoms with Crippen LogP contribution >= 0.6 is 0 Å². The van der Waals surface area contributed by atoms with Gasteiger partial charge in [-0.05, 0) is 37.8 Å². The minimum atomic E-state index is -1.12. The number of methoxy groups -OCH3 is 1. The van der Waals surface area contributed by atoms with Crippen molar-refractivity contribution in [1.29, 1.82) is 0 Å². The van der Waals surface area contributed by atoms with Crippen LogP contribution in [0.25, 0.3) is 0 Å². The number of rotatable bonds is 3. The van der Waals surface area contributed by atoms with Gasteiger partial charge in [0.25, 0.3) is 0 Å². The topological polar surface area (TPSA) is 35.5 Å². The fourth-order valence-corrected chi connectivity index (χ4v) is 3.17. The van der Waals surface area contributed by atoms with E-state index in [1.165, 1.54) is 19.2 Å². The lowest BCUT2D eigenvalue weighted by molar-refractivity contribution is -0.0150. The van der Waals surface area contributed by atoms with Gasteiger partial charge in [0.2, 0.25) is 5.82 Å². The number of fused-ring (bicyclic) bond motifs is 2. The highest BCUT2D eigenvalue weighted by Crippen LogP contribution is 2.38. The second-order valence-corrected chi connectivity index (χ2v) is 5.43. The van der Waals surface area contributed by atoms with Crippen LogP contribution in [-0.4, -0.2) is 25.1 Å². The van der Waals surface area contributed by atoms with Crippen LogP contribution in [0.2, 0.25) is 0 Å². The molecule has 2 heterocycles. The van der Waals surface area contributed by atoms with Crippen LogP contribution in [0.5, 0.6) is 5.75 Å². The second kappa shape index (κ2) is 5.13. The number of Topliss-reactive ketones (excluding diaryl/α,β-unsaturated/α-hetero) is 1. The van der Waals surface area contributed by atoms with E-state index in [9.17, 15) is 13.6 Å². The summed E-state index contributed by atoms with van der Waals surface area (Å²) in [6, 6.07) is 2.59. The first-order chi connectivity index (χ1) is 9.60. The Labute approximate surface area is 115 Å². The number of hydrogen-bond donors (Lipinski definition) is 0. The molecule has 108 valence electrons. The zero-order valence-electron chi connectivity index (χ0n) is 11.2. The van der Waals surface area contributed by atoms with Crippen molar-refractivity contribution in [3.63, 3.8) is 0 Å². The fourth-order valence-electron chi connectivity index (χ4n) is 3.17. The Morgan fingerprint density at radius 2 is 1.85 bits per heavy atom. The predicted molar refractivity (Wildman–Crippen MR) is 67.9 cm³/mol. The molecule has 3 nitrogen and oxygen atoms in total. The van der Waals surface area contributed by atoms with Gasteiger partial charge >= 0.3 is 0 Å². The van der Waals surface area contributed by atoms with Crippen molar-refractivity contribution in [3.05, 3.63) is 29.3 Å². The van der Waals surface area contributed by atoms with Gasteiger partial charge in [0.1, 0.15) is 0 Å². The summed E-state index contributed by atoms with van der Waals surface area (Å²) in [5, 5.41) is 0. The molecule has 2 atom stereocenters. The average Bonchev–Trinajstić information content (AvgIpc) is 2.79. The molecular formula is C15H16F2O3. The lowest BCUT2D eigenvalue weighted by atomic mass is 9.87. The highest BCUT2D eigenvalue weighted by Gasteiger charge is 2.39. The lowest BCUT2D eigenvalue weighted by Gasteiger charge is -2.27. The highest BCUT2D eigenvalue weighted by atomic mass is 19.2. The van der Waals surface area contributed by atoms with Gasteiger partial charge in [0, 0.05) is 5.92 Å². The third-order valence-electron chi connectivity index (χ3n) is 4.19. The van der Waals surface area contributed by atoms with Gasteiger partial charge < -0.3 is 9.47 Å². The fraction of sp³-hybridized carbons (Fsp3) is 0.533. The van der Waals surface area contributed by atoms with Crippen LogP contribution in [0.1, 0.15) is 36.0 Å². The van der Waals surface area contributed by atoms with Crippen molar-refractivity contribution < 1.29 is 23.0 Å². The summed E-state index contributed by atoms with van der Waals surface area (Å²) in [5.41, 5.74) is -0.186. The molecule has 20 heavy (non-hydrogen) atoms. The van der Waals surface area contributed by atoms with Gasteiger partial charge in [-0.1, -0.05) is 0 Å². The van der Waals surface area contributed by atoms with E-state index in [0.29, 0.717) is 12.8 Å². The van der Waals surface area contributed by atoms with Crippen LogP contribution in [0, 0.1) is 17.6 Å². The molecule has 0 spiro atoms. The summed E-state index contributed by atoms with van der Waals surface area (Å²) in [6.45, 7) is 0. The molecule has 2 saturated heterocycles. The number of carbonyl (C=O) groups is 1. The molecule has 2 aliphatic rings. The summed E-state index contributed by atoms with van der Waals surface area (Å²) in [6.07, 6.45) is 3.29. The zero-order valence-corrected chi connectivity index (χ0v) is 11.2. The van der Waals surface area contributed by atoms with Crippen molar-refractivity contribution >= 4 is 5.78 Å². The molecular weight excluding hydrogens is 266 g/mol. The predicted octanol–water partition coefficient (Wildman–Crippen LogP) is 3.11. The summed E-state index contributed by atoms with van der Waals surface area (Å²) in [4.78, 5) is 12.4. The van der Waals surface area contributed by atoms with Gasteiger partial charge in [-0.3, -0.25) is 4.79 Å². The van der Waals surface area contributed by atoms with E-state index in [-0.39, 0.29) is 35.2 Å². The van der Waals surface area contributed by atoms with Crippen LogP contribution < -0.4 is 4.74 Å². The van der Waals surface area contributed by atoms with Gasteiger partial charge in [0.15, 0.2) is 17.3 Å². The summed E-state index contributed by atoms with van der Waals surface area (Å²) < 4.78 is 38.0. The van der Waals surface area contributed by atoms with E-state index < -0.39 is 11.6 Å². The smallest absolute Gasteiger partial charge is 0.201 e. The minimum absolute atomic E-state index is 0.0915. The van der Waals surface area contributed by atoms with E-state index in [4.69, 9.17) is 9.47 Å². The first kappa shape index (κ1) is 13.5. The van der Waals surface area contributed by atoms with Crippen LogP contribution in [-0.2, 0) is 4.74 Å². The molecule has 0 amide bonds. The van der Waals surface area contributed by atoms with Gasteiger partial charge in [-0.2, -0.15) is 4.39 Å². The molecule has 3 rings (SSSR count). The van der Waals surface area contributed by atoms with Crippen LogP contribution in [0.15, 0.2) is 12.1 Å². The third-order valence-corrected chi connectivity index (χ3v) is 4.19. The Hall–Kier alpha value is -1.49. The quantitative estimate of drug-likeness (QED) is 0.799. The largest absolute Gasteiger partial charge is 0.494 e. The first-order valence-electron chi connectivity index (χ1n) is 6.81. The van der Waals surface area contributed by atoms with Gasteiger partial charge in [-0.15, -0.1) is 0 Å². The summed E-state index contributed by atoms with van der Waals surface area (Å²) in [7, 11) is 1.26. The van der Waals surface area contributed by atoms with Crippen LogP contribution in [0.4, 0.5) is 8.78 Å². The number of carbonyl (C=O) groups excluding carboxylic acids is 1. The Morgan fingerprint density at radius 3 is 2.45 bits per heavy atom. The number of ether oxygens (including phenoxy) is 2. The van der Waals surface area contributed by atoms with Crippen molar-refractivity contribution in [2.75, 3.05) is 7.11 Å². The van der Waals surface area contributed by atoms with Crippen molar-refractivity contribution in [2.45, 2.75) is 37.9 Å². The number of halogens is 2. The van der Waals surface area contributed by atoms with Gasteiger partial charge in [0.05, 0.1) is 24.9 Å². The monoisotopic (exact) mass is 282 g/mol. The second-order valence-electron chi connectivity index (χ2n) is 5.43. The van der Waals surface area contributed by atoms with E-state index in [0.717, 1.165) is 12.8 Å². The SMILES string of the molecule is COc1ccc(C(=O)C2CC3CCC(C2)O3)c(F)c1F. The Morgan fingerprint density at radius 1 is 1.20 bits per heavy atom. The van der Waals surface area contributed by atoms with Crippen LogP contribution in [0.3, 0.4) is 0 Å². The van der Waals surface area contributed by atoms with E-state index >= 15 is 0 Å². The van der Waals surface area contributed by atoms with E-state index in [1.54, 1.807) is 0 Å². The minimum Gasteiger partial charge on any atom is -0.494 e. The molecule has 0 radical (unpaired) electrons. The maximum atomic E-state index is 14.0. The average molecular weight is 282 g/mol. The molecule has 2 fully saturated rings. The Kier molecular flexibility index (Phi) is 3.46. The maximum Gasteiger partial charge on any atom is 0.201 e. The number of ketones is 1. The third kappa shape index (κ3) is 2.20.